The number of likely N-dealkylation sites (N-methyl/N-ethyl adjacent to an activating group) is 1. The van der Waals surface area contributed by atoms with Crippen molar-refractivity contribution in [2.75, 3.05) is 20.1 Å². The summed E-state index contributed by atoms with van der Waals surface area (Å²) in [4.78, 5) is 13.9. The lowest BCUT2D eigenvalue weighted by Crippen LogP contribution is -2.38. The van der Waals surface area contributed by atoms with Gasteiger partial charge in [0, 0.05) is 19.6 Å². The van der Waals surface area contributed by atoms with Crippen LogP contribution in [0.1, 0.15) is 12.0 Å². The van der Waals surface area contributed by atoms with Crippen LogP contribution in [-0.2, 0) is 4.79 Å². The standard InChI is InChI=1S/C15H17N3O/c1-18(14-7-8-17-11-14)15(19)13(10-16)9-12-5-3-2-4-6-12/h2-6,9,14,17H,7-8,11H2,1H3/b13-9-. The minimum atomic E-state index is -0.208. The Labute approximate surface area is 113 Å². The lowest BCUT2D eigenvalue weighted by molar-refractivity contribution is -0.127. The van der Waals surface area contributed by atoms with Crippen molar-refractivity contribution in [3.05, 3.63) is 41.5 Å². The van der Waals surface area contributed by atoms with Crippen LogP contribution in [0.2, 0.25) is 0 Å². The first kappa shape index (κ1) is 13.3. The summed E-state index contributed by atoms with van der Waals surface area (Å²) in [6.45, 7) is 1.72. The molecule has 1 N–H and O–H groups in total. The topological polar surface area (TPSA) is 56.1 Å². The van der Waals surface area contributed by atoms with E-state index in [1.54, 1.807) is 18.0 Å². The second-order valence-corrected chi connectivity index (χ2v) is 4.64. The number of hydrogen-bond acceptors (Lipinski definition) is 3. The predicted molar refractivity (Wildman–Crippen MR) is 74.1 cm³/mol. The molecule has 1 atom stereocenters. The first-order valence-corrected chi connectivity index (χ1v) is 6.37. The minimum absolute atomic E-state index is 0.181. The molecule has 0 bridgehead atoms. The van der Waals surface area contributed by atoms with Crippen molar-refractivity contribution in [2.45, 2.75) is 12.5 Å². The second kappa shape index (κ2) is 6.17. The number of rotatable bonds is 3. The molecule has 98 valence electrons. The van der Waals surface area contributed by atoms with Gasteiger partial charge in [0.15, 0.2) is 0 Å². The lowest BCUT2D eigenvalue weighted by Gasteiger charge is -2.23. The molecule has 1 aliphatic heterocycles. The van der Waals surface area contributed by atoms with Crippen LogP contribution in [0.25, 0.3) is 6.08 Å². The molecule has 2 rings (SSSR count). The van der Waals surface area contributed by atoms with Crippen LogP contribution in [0.5, 0.6) is 0 Å². The van der Waals surface area contributed by atoms with Gasteiger partial charge in [0.05, 0.1) is 0 Å². The van der Waals surface area contributed by atoms with E-state index >= 15 is 0 Å². The number of hydrogen-bond donors (Lipinski definition) is 1. The summed E-state index contributed by atoms with van der Waals surface area (Å²) in [5.74, 6) is -0.208. The van der Waals surface area contributed by atoms with Gasteiger partial charge in [-0.2, -0.15) is 5.26 Å². The SMILES string of the molecule is CN(C(=O)/C(C#N)=C\c1ccccc1)C1CCNC1. The van der Waals surface area contributed by atoms with Crippen LogP contribution >= 0.6 is 0 Å². The van der Waals surface area contributed by atoms with E-state index in [-0.39, 0.29) is 17.5 Å². The molecule has 1 fully saturated rings. The maximum absolute atomic E-state index is 12.3. The summed E-state index contributed by atoms with van der Waals surface area (Å²) >= 11 is 0. The van der Waals surface area contributed by atoms with Crippen LogP contribution in [0.15, 0.2) is 35.9 Å². The highest BCUT2D eigenvalue weighted by atomic mass is 16.2. The van der Waals surface area contributed by atoms with Crippen molar-refractivity contribution in [1.82, 2.24) is 10.2 Å². The molecule has 1 aliphatic rings. The number of carbonyl (C=O) groups is 1. The van der Waals surface area contributed by atoms with Gasteiger partial charge in [-0.05, 0) is 24.6 Å². The van der Waals surface area contributed by atoms with Gasteiger partial charge < -0.3 is 10.2 Å². The van der Waals surface area contributed by atoms with Crippen molar-refractivity contribution >= 4 is 12.0 Å². The average molecular weight is 255 g/mol. The molecule has 1 heterocycles. The fourth-order valence-electron chi connectivity index (χ4n) is 2.18. The Bertz CT molecular complexity index is 510. The Morgan fingerprint density at radius 2 is 2.21 bits per heavy atom. The molecule has 0 spiro atoms. The summed E-state index contributed by atoms with van der Waals surface area (Å²) in [5, 5.41) is 12.4. The van der Waals surface area contributed by atoms with Gasteiger partial charge in [-0.25, -0.2) is 0 Å². The van der Waals surface area contributed by atoms with Crippen molar-refractivity contribution in [2.24, 2.45) is 0 Å². The van der Waals surface area contributed by atoms with Crippen LogP contribution in [0.3, 0.4) is 0 Å². The molecule has 0 radical (unpaired) electrons. The molecular weight excluding hydrogens is 238 g/mol. The molecule has 0 aromatic heterocycles. The summed E-state index contributed by atoms with van der Waals surface area (Å²) in [6.07, 6.45) is 2.58. The quantitative estimate of drug-likeness (QED) is 0.656. The van der Waals surface area contributed by atoms with Crippen LogP contribution in [0, 0.1) is 11.3 Å². The Balaban J connectivity index is 2.15. The molecule has 0 aliphatic carbocycles. The average Bonchev–Trinajstić information content (AvgIpc) is 2.98. The third-order valence-corrected chi connectivity index (χ3v) is 3.36. The van der Waals surface area contributed by atoms with Crippen LogP contribution < -0.4 is 5.32 Å². The number of amides is 1. The molecule has 4 heteroatoms. The number of benzene rings is 1. The Kier molecular flexibility index (Phi) is 4.32. The molecular formula is C15H17N3O. The molecule has 4 nitrogen and oxygen atoms in total. The van der Waals surface area contributed by atoms with E-state index in [1.165, 1.54) is 0 Å². The summed E-state index contributed by atoms with van der Waals surface area (Å²) < 4.78 is 0. The number of carbonyl (C=O) groups excluding carboxylic acids is 1. The van der Waals surface area contributed by atoms with E-state index < -0.39 is 0 Å². The zero-order valence-corrected chi connectivity index (χ0v) is 11.0. The highest BCUT2D eigenvalue weighted by molar-refractivity contribution is 6.01. The predicted octanol–water partition coefficient (Wildman–Crippen LogP) is 1.41. The van der Waals surface area contributed by atoms with E-state index in [1.807, 2.05) is 36.4 Å². The summed E-state index contributed by atoms with van der Waals surface area (Å²) in [5.41, 5.74) is 1.05. The molecule has 1 saturated heterocycles. The summed E-state index contributed by atoms with van der Waals surface area (Å²) in [7, 11) is 1.76. The second-order valence-electron chi connectivity index (χ2n) is 4.64. The number of nitrogens with zero attached hydrogens (tertiary/aromatic N) is 2. The normalized spacial score (nSPS) is 18.9. The van der Waals surface area contributed by atoms with Gasteiger partial charge in [0.1, 0.15) is 11.6 Å². The highest BCUT2D eigenvalue weighted by Crippen LogP contribution is 2.13. The Morgan fingerprint density at radius 1 is 1.47 bits per heavy atom. The van der Waals surface area contributed by atoms with Crippen molar-refractivity contribution < 1.29 is 4.79 Å². The first-order valence-electron chi connectivity index (χ1n) is 6.37. The first-order chi connectivity index (χ1) is 9.22. The summed E-state index contributed by atoms with van der Waals surface area (Å²) in [6, 6.07) is 11.6. The van der Waals surface area contributed by atoms with Crippen molar-refractivity contribution in [3.8, 4) is 6.07 Å². The Hall–Kier alpha value is -2.12. The van der Waals surface area contributed by atoms with Gasteiger partial charge in [-0.3, -0.25) is 4.79 Å². The van der Waals surface area contributed by atoms with Gasteiger partial charge in [0.2, 0.25) is 0 Å². The molecule has 0 saturated carbocycles. The van der Waals surface area contributed by atoms with Gasteiger partial charge in [-0.1, -0.05) is 30.3 Å². The van der Waals surface area contributed by atoms with Crippen LogP contribution in [0.4, 0.5) is 0 Å². The molecule has 19 heavy (non-hydrogen) atoms. The fourth-order valence-corrected chi connectivity index (χ4v) is 2.18. The van der Waals surface area contributed by atoms with E-state index in [0.717, 1.165) is 25.1 Å². The molecule has 1 aromatic rings. The van der Waals surface area contributed by atoms with Crippen molar-refractivity contribution in [3.63, 3.8) is 0 Å². The van der Waals surface area contributed by atoms with E-state index in [2.05, 4.69) is 5.32 Å². The fraction of sp³-hybridized carbons (Fsp3) is 0.333. The maximum atomic E-state index is 12.3. The van der Waals surface area contributed by atoms with Gasteiger partial charge in [-0.15, -0.1) is 0 Å². The van der Waals surface area contributed by atoms with E-state index in [9.17, 15) is 4.79 Å². The van der Waals surface area contributed by atoms with Gasteiger partial charge >= 0.3 is 0 Å². The highest BCUT2D eigenvalue weighted by Gasteiger charge is 2.25. The van der Waals surface area contributed by atoms with Gasteiger partial charge in [0.25, 0.3) is 5.91 Å². The zero-order chi connectivity index (χ0) is 13.7. The third-order valence-electron chi connectivity index (χ3n) is 3.36. The smallest absolute Gasteiger partial charge is 0.264 e. The lowest BCUT2D eigenvalue weighted by atomic mass is 10.1. The molecule has 1 amide bonds. The molecule has 1 unspecified atom stereocenters. The van der Waals surface area contributed by atoms with Crippen LogP contribution in [-0.4, -0.2) is 37.0 Å². The third kappa shape index (κ3) is 3.21. The monoisotopic (exact) mass is 255 g/mol. The minimum Gasteiger partial charge on any atom is -0.337 e. The number of nitrogens with one attached hydrogen (secondary N) is 1. The molecule has 1 aromatic carbocycles. The zero-order valence-electron chi connectivity index (χ0n) is 11.0. The Morgan fingerprint density at radius 3 is 2.79 bits per heavy atom. The maximum Gasteiger partial charge on any atom is 0.264 e. The van der Waals surface area contributed by atoms with Crippen molar-refractivity contribution in [1.29, 1.82) is 5.26 Å². The van der Waals surface area contributed by atoms with E-state index in [4.69, 9.17) is 5.26 Å². The number of nitriles is 1. The van der Waals surface area contributed by atoms with E-state index in [0.29, 0.717) is 0 Å². The largest absolute Gasteiger partial charge is 0.337 e.